The Hall–Kier alpha value is -1.04. The van der Waals surface area contributed by atoms with Crippen LogP contribution in [0.15, 0.2) is 22.7 Å². The summed E-state index contributed by atoms with van der Waals surface area (Å²) >= 11 is 3.28. The van der Waals surface area contributed by atoms with Crippen LogP contribution in [0, 0.1) is 6.92 Å². The quantitative estimate of drug-likeness (QED) is 0.761. The van der Waals surface area contributed by atoms with Crippen molar-refractivity contribution in [1.82, 2.24) is 4.90 Å². The molecule has 1 rings (SSSR count). The highest BCUT2D eigenvalue weighted by molar-refractivity contribution is 9.10. The monoisotopic (exact) mass is 351 g/mol. The number of amides is 1. The van der Waals surface area contributed by atoms with Crippen molar-refractivity contribution in [2.45, 2.75) is 32.9 Å². The minimum atomic E-state index is -4.39. The van der Waals surface area contributed by atoms with Crippen molar-refractivity contribution >= 4 is 21.8 Å². The second-order valence-corrected chi connectivity index (χ2v) is 5.46. The van der Waals surface area contributed by atoms with Crippen molar-refractivity contribution in [3.8, 4) is 0 Å². The SMILES string of the molecule is CCCCN(CC(F)(F)F)C(=O)c1cccc(Br)c1C. The van der Waals surface area contributed by atoms with Crippen molar-refractivity contribution in [1.29, 1.82) is 0 Å². The summed E-state index contributed by atoms with van der Waals surface area (Å²) in [4.78, 5) is 13.2. The fraction of sp³-hybridized carbons (Fsp3) is 0.500. The average Bonchev–Trinajstić information content (AvgIpc) is 2.35. The Labute approximate surface area is 125 Å². The van der Waals surface area contributed by atoms with Crippen LogP contribution in [0.5, 0.6) is 0 Å². The number of hydrogen-bond donors (Lipinski definition) is 0. The van der Waals surface area contributed by atoms with Crippen molar-refractivity contribution < 1.29 is 18.0 Å². The number of alkyl halides is 3. The first-order valence-electron chi connectivity index (χ1n) is 6.37. The maximum Gasteiger partial charge on any atom is 0.406 e. The van der Waals surface area contributed by atoms with Gasteiger partial charge in [0.1, 0.15) is 6.54 Å². The van der Waals surface area contributed by atoms with Crippen molar-refractivity contribution in [3.63, 3.8) is 0 Å². The van der Waals surface area contributed by atoms with Crippen LogP contribution in [-0.4, -0.2) is 30.1 Å². The summed E-state index contributed by atoms with van der Waals surface area (Å²) in [5, 5.41) is 0. The Bertz CT molecular complexity index is 474. The minimum Gasteiger partial charge on any atom is -0.330 e. The minimum absolute atomic E-state index is 0.112. The molecule has 112 valence electrons. The molecule has 0 spiro atoms. The van der Waals surface area contributed by atoms with E-state index in [9.17, 15) is 18.0 Å². The van der Waals surface area contributed by atoms with Gasteiger partial charge in [-0.05, 0) is 31.0 Å². The Balaban J connectivity index is 3.00. The van der Waals surface area contributed by atoms with E-state index in [0.717, 1.165) is 11.3 Å². The standard InChI is InChI=1S/C14H17BrF3NO/c1-3-4-8-19(9-14(16,17)18)13(20)11-6-5-7-12(15)10(11)2/h5-7H,3-4,8-9H2,1-2H3. The second-order valence-electron chi connectivity index (χ2n) is 4.61. The van der Waals surface area contributed by atoms with Gasteiger partial charge in [0.25, 0.3) is 5.91 Å². The van der Waals surface area contributed by atoms with Crippen LogP contribution in [0.2, 0.25) is 0 Å². The number of benzene rings is 1. The first kappa shape index (κ1) is 17.0. The first-order valence-corrected chi connectivity index (χ1v) is 7.16. The van der Waals surface area contributed by atoms with Gasteiger partial charge in [0.2, 0.25) is 0 Å². The molecule has 1 aromatic carbocycles. The molecule has 2 nitrogen and oxygen atoms in total. The van der Waals surface area contributed by atoms with E-state index in [1.807, 2.05) is 6.92 Å². The van der Waals surface area contributed by atoms with Gasteiger partial charge >= 0.3 is 6.18 Å². The summed E-state index contributed by atoms with van der Waals surface area (Å²) < 4.78 is 38.5. The van der Waals surface area contributed by atoms with Crippen LogP contribution in [0.1, 0.15) is 35.7 Å². The normalized spacial score (nSPS) is 11.5. The van der Waals surface area contributed by atoms with E-state index in [1.54, 1.807) is 25.1 Å². The van der Waals surface area contributed by atoms with E-state index < -0.39 is 18.6 Å². The molecule has 0 unspecified atom stereocenters. The Morgan fingerprint density at radius 3 is 2.55 bits per heavy atom. The molecule has 6 heteroatoms. The number of carbonyl (C=O) groups is 1. The third kappa shape index (κ3) is 4.81. The fourth-order valence-electron chi connectivity index (χ4n) is 1.83. The van der Waals surface area contributed by atoms with Gasteiger partial charge in [0.05, 0.1) is 0 Å². The number of nitrogens with zero attached hydrogens (tertiary/aromatic N) is 1. The molecule has 0 aliphatic carbocycles. The van der Waals surface area contributed by atoms with Gasteiger partial charge < -0.3 is 4.90 Å². The van der Waals surface area contributed by atoms with Gasteiger partial charge in [-0.15, -0.1) is 0 Å². The highest BCUT2D eigenvalue weighted by Crippen LogP contribution is 2.23. The predicted octanol–water partition coefficient (Wildman–Crippen LogP) is 4.56. The molecule has 0 bridgehead atoms. The molecule has 20 heavy (non-hydrogen) atoms. The highest BCUT2D eigenvalue weighted by Gasteiger charge is 2.33. The second kappa shape index (κ2) is 7.11. The van der Waals surface area contributed by atoms with Crippen LogP contribution in [0.4, 0.5) is 13.2 Å². The van der Waals surface area contributed by atoms with E-state index in [4.69, 9.17) is 0 Å². The fourth-order valence-corrected chi connectivity index (χ4v) is 2.19. The topological polar surface area (TPSA) is 20.3 Å². The lowest BCUT2D eigenvalue weighted by Gasteiger charge is -2.24. The summed E-state index contributed by atoms with van der Waals surface area (Å²) in [5.74, 6) is -0.574. The largest absolute Gasteiger partial charge is 0.406 e. The van der Waals surface area contributed by atoms with Gasteiger partial charge in [0, 0.05) is 16.6 Å². The van der Waals surface area contributed by atoms with Gasteiger partial charge in [-0.25, -0.2) is 0 Å². The van der Waals surface area contributed by atoms with Gasteiger partial charge in [-0.2, -0.15) is 13.2 Å². The van der Waals surface area contributed by atoms with Crippen molar-refractivity contribution in [2.24, 2.45) is 0 Å². The zero-order valence-corrected chi connectivity index (χ0v) is 13.0. The molecular formula is C14H17BrF3NO. The van der Waals surface area contributed by atoms with Crippen LogP contribution in [0.25, 0.3) is 0 Å². The third-order valence-corrected chi connectivity index (χ3v) is 3.80. The molecule has 0 saturated carbocycles. The van der Waals surface area contributed by atoms with Crippen molar-refractivity contribution in [2.75, 3.05) is 13.1 Å². The molecule has 0 aromatic heterocycles. The van der Waals surface area contributed by atoms with Crippen LogP contribution < -0.4 is 0 Å². The van der Waals surface area contributed by atoms with Gasteiger partial charge in [0.15, 0.2) is 0 Å². The molecule has 1 amide bonds. The smallest absolute Gasteiger partial charge is 0.330 e. The molecule has 1 aromatic rings. The third-order valence-electron chi connectivity index (χ3n) is 2.94. The van der Waals surface area contributed by atoms with Crippen LogP contribution >= 0.6 is 15.9 Å². The Kier molecular flexibility index (Phi) is 6.05. The van der Waals surface area contributed by atoms with E-state index in [1.165, 1.54) is 0 Å². The lowest BCUT2D eigenvalue weighted by Crippen LogP contribution is -2.39. The summed E-state index contributed by atoms with van der Waals surface area (Å²) in [6, 6.07) is 4.96. The number of rotatable bonds is 5. The van der Waals surface area contributed by atoms with E-state index in [0.29, 0.717) is 22.0 Å². The molecule has 0 saturated heterocycles. The van der Waals surface area contributed by atoms with Crippen molar-refractivity contribution in [3.05, 3.63) is 33.8 Å². The molecule has 0 atom stereocenters. The maximum absolute atomic E-state index is 12.6. The zero-order valence-electron chi connectivity index (χ0n) is 11.4. The van der Waals surface area contributed by atoms with Gasteiger partial charge in [-0.3, -0.25) is 4.79 Å². The number of unbranched alkanes of at least 4 members (excludes halogenated alkanes) is 1. The first-order chi connectivity index (χ1) is 9.26. The Morgan fingerprint density at radius 1 is 1.35 bits per heavy atom. The molecule has 0 N–H and O–H groups in total. The van der Waals surface area contributed by atoms with Crippen LogP contribution in [0.3, 0.4) is 0 Å². The molecule has 0 aliphatic rings. The highest BCUT2D eigenvalue weighted by atomic mass is 79.9. The number of halogens is 4. The maximum atomic E-state index is 12.6. The summed E-state index contributed by atoms with van der Waals surface area (Å²) in [5.41, 5.74) is 0.959. The predicted molar refractivity (Wildman–Crippen MR) is 75.7 cm³/mol. The average molecular weight is 352 g/mol. The molecule has 0 radical (unpaired) electrons. The number of carbonyl (C=O) groups excluding carboxylic acids is 1. The Morgan fingerprint density at radius 2 is 2.00 bits per heavy atom. The van der Waals surface area contributed by atoms with E-state index in [2.05, 4.69) is 15.9 Å². The molecule has 0 heterocycles. The lowest BCUT2D eigenvalue weighted by molar-refractivity contribution is -0.140. The number of hydrogen-bond acceptors (Lipinski definition) is 1. The summed E-state index contributed by atoms with van der Waals surface area (Å²) in [6.45, 7) is 2.49. The summed E-state index contributed by atoms with van der Waals surface area (Å²) in [7, 11) is 0. The van der Waals surface area contributed by atoms with E-state index in [-0.39, 0.29) is 6.54 Å². The summed E-state index contributed by atoms with van der Waals surface area (Å²) in [6.07, 6.45) is -3.10. The zero-order chi connectivity index (χ0) is 15.3. The van der Waals surface area contributed by atoms with Crippen LogP contribution in [-0.2, 0) is 0 Å². The molecule has 0 aliphatic heterocycles. The molecular weight excluding hydrogens is 335 g/mol. The lowest BCUT2D eigenvalue weighted by atomic mass is 10.1. The molecule has 0 fully saturated rings. The van der Waals surface area contributed by atoms with E-state index >= 15 is 0 Å². The van der Waals surface area contributed by atoms with Gasteiger partial charge in [-0.1, -0.05) is 35.3 Å².